The van der Waals surface area contributed by atoms with Gasteiger partial charge >= 0.3 is 0 Å². The molecule has 110 valence electrons. The van der Waals surface area contributed by atoms with Crippen molar-refractivity contribution in [2.45, 2.75) is 13.8 Å². The van der Waals surface area contributed by atoms with Gasteiger partial charge in [0.25, 0.3) is 5.69 Å². The molecule has 2 aromatic carbocycles. The Morgan fingerprint density at radius 2 is 1.82 bits per heavy atom. The van der Waals surface area contributed by atoms with Gasteiger partial charge in [-0.1, -0.05) is 35.0 Å². The summed E-state index contributed by atoms with van der Waals surface area (Å²) in [6.45, 7) is 3.84. The van der Waals surface area contributed by atoms with Crippen LogP contribution in [-0.2, 0) is 0 Å². The monoisotopic (exact) mass is 294 g/mol. The zero-order valence-electron chi connectivity index (χ0n) is 12.2. The van der Waals surface area contributed by atoms with Gasteiger partial charge in [0, 0.05) is 17.7 Å². The number of hydrogen-bond acceptors (Lipinski definition) is 4. The van der Waals surface area contributed by atoms with Gasteiger partial charge in [-0.2, -0.15) is 0 Å². The van der Waals surface area contributed by atoms with Crippen LogP contribution in [0.1, 0.15) is 11.1 Å². The van der Waals surface area contributed by atoms with E-state index in [9.17, 15) is 10.1 Å². The van der Waals surface area contributed by atoms with E-state index in [0.717, 1.165) is 22.5 Å². The Morgan fingerprint density at radius 1 is 1.09 bits per heavy atom. The number of nitrogens with zero attached hydrogens (tertiary/aromatic N) is 4. The number of nitro benzene ring substituents is 1. The Bertz CT molecular complexity index is 838. The molecule has 0 N–H and O–H groups in total. The maximum absolute atomic E-state index is 10.8. The molecule has 0 saturated carbocycles. The van der Waals surface area contributed by atoms with Gasteiger partial charge in [-0.15, -0.1) is 5.10 Å². The minimum atomic E-state index is -0.407. The topological polar surface area (TPSA) is 73.8 Å². The molecule has 22 heavy (non-hydrogen) atoms. The fraction of sp³-hybridized carbons (Fsp3) is 0.125. The molecule has 0 atom stereocenters. The SMILES string of the molecule is Cc1ccc(-c2cn(-c3ccc([N+](=O)[O-])cc3C)nn2)cc1. The molecule has 0 bridgehead atoms. The quantitative estimate of drug-likeness (QED) is 0.547. The Kier molecular flexibility index (Phi) is 3.42. The van der Waals surface area contributed by atoms with E-state index in [2.05, 4.69) is 10.3 Å². The Labute approximate surface area is 127 Å². The molecule has 0 amide bonds. The first-order valence-electron chi connectivity index (χ1n) is 6.79. The van der Waals surface area contributed by atoms with Crippen LogP contribution in [-0.4, -0.2) is 19.9 Å². The lowest BCUT2D eigenvalue weighted by atomic mass is 10.1. The number of benzene rings is 2. The average Bonchev–Trinajstić information content (AvgIpc) is 2.97. The number of non-ortho nitro benzene ring substituents is 1. The van der Waals surface area contributed by atoms with Crippen molar-refractivity contribution in [1.82, 2.24) is 15.0 Å². The van der Waals surface area contributed by atoms with Crippen molar-refractivity contribution in [2.75, 3.05) is 0 Å². The maximum atomic E-state index is 10.8. The summed E-state index contributed by atoms with van der Waals surface area (Å²) in [6.07, 6.45) is 1.82. The molecule has 0 radical (unpaired) electrons. The minimum absolute atomic E-state index is 0.0696. The van der Waals surface area contributed by atoms with Crippen molar-refractivity contribution in [2.24, 2.45) is 0 Å². The number of aryl methyl sites for hydroxylation is 2. The van der Waals surface area contributed by atoms with Gasteiger partial charge in [-0.05, 0) is 25.5 Å². The van der Waals surface area contributed by atoms with Crippen molar-refractivity contribution in [3.8, 4) is 16.9 Å². The smallest absolute Gasteiger partial charge is 0.258 e. The van der Waals surface area contributed by atoms with Crippen LogP contribution in [0.5, 0.6) is 0 Å². The Hall–Kier alpha value is -3.02. The Balaban J connectivity index is 1.97. The van der Waals surface area contributed by atoms with Gasteiger partial charge in [0.05, 0.1) is 16.8 Å². The zero-order valence-corrected chi connectivity index (χ0v) is 12.2. The van der Waals surface area contributed by atoms with E-state index in [1.165, 1.54) is 17.7 Å². The summed E-state index contributed by atoms with van der Waals surface area (Å²) in [5, 5.41) is 19.1. The van der Waals surface area contributed by atoms with E-state index in [1.54, 1.807) is 10.7 Å². The molecule has 0 spiro atoms. The molecule has 0 aliphatic rings. The average molecular weight is 294 g/mol. The molecular formula is C16H14N4O2. The van der Waals surface area contributed by atoms with Crippen LogP contribution in [0.2, 0.25) is 0 Å². The lowest BCUT2D eigenvalue weighted by Gasteiger charge is -2.04. The zero-order chi connectivity index (χ0) is 15.7. The van der Waals surface area contributed by atoms with Crippen LogP contribution in [0, 0.1) is 24.0 Å². The summed E-state index contributed by atoms with van der Waals surface area (Å²) in [7, 11) is 0. The number of aromatic nitrogens is 3. The van der Waals surface area contributed by atoms with E-state index in [0.29, 0.717) is 0 Å². The van der Waals surface area contributed by atoms with E-state index in [1.807, 2.05) is 44.3 Å². The van der Waals surface area contributed by atoms with Crippen molar-refractivity contribution >= 4 is 5.69 Å². The van der Waals surface area contributed by atoms with Crippen molar-refractivity contribution in [3.63, 3.8) is 0 Å². The van der Waals surface area contributed by atoms with Gasteiger partial charge in [0.2, 0.25) is 0 Å². The van der Waals surface area contributed by atoms with E-state index in [-0.39, 0.29) is 5.69 Å². The number of hydrogen-bond donors (Lipinski definition) is 0. The molecule has 6 nitrogen and oxygen atoms in total. The van der Waals surface area contributed by atoms with Crippen LogP contribution < -0.4 is 0 Å². The molecule has 3 rings (SSSR count). The number of nitro groups is 1. The molecule has 0 aliphatic heterocycles. The second kappa shape index (κ2) is 5.40. The van der Waals surface area contributed by atoms with Crippen LogP contribution >= 0.6 is 0 Å². The summed E-state index contributed by atoms with van der Waals surface area (Å²) in [5.74, 6) is 0. The normalized spacial score (nSPS) is 10.6. The second-order valence-electron chi connectivity index (χ2n) is 5.14. The van der Waals surface area contributed by atoms with Crippen LogP contribution in [0.4, 0.5) is 5.69 Å². The van der Waals surface area contributed by atoms with E-state index >= 15 is 0 Å². The van der Waals surface area contributed by atoms with Crippen molar-refractivity contribution < 1.29 is 4.92 Å². The molecule has 1 heterocycles. The van der Waals surface area contributed by atoms with Crippen molar-refractivity contribution in [1.29, 1.82) is 0 Å². The molecular weight excluding hydrogens is 280 g/mol. The maximum Gasteiger partial charge on any atom is 0.269 e. The lowest BCUT2D eigenvalue weighted by molar-refractivity contribution is -0.384. The van der Waals surface area contributed by atoms with Gasteiger partial charge < -0.3 is 0 Å². The van der Waals surface area contributed by atoms with Gasteiger partial charge in [0.1, 0.15) is 5.69 Å². The van der Waals surface area contributed by atoms with Gasteiger partial charge in [-0.25, -0.2) is 4.68 Å². The third-order valence-electron chi connectivity index (χ3n) is 3.48. The van der Waals surface area contributed by atoms with Gasteiger partial charge in [-0.3, -0.25) is 10.1 Å². The summed E-state index contributed by atoms with van der Waals surface area (Å²) in [5.41, 5.74) is 4.54. The molecule has 1 aromatic heterocycles. The summed E-state index contributed by atoms with van der Waals surface area (Å²) >= 11 is 0. The predicted octanol–water partition coefficient (Wildman–Crippen LogP) is 3.46. The molecule has 0 saturated heterocycles. The van der Waals surface area contributed by atoms with E-state index in [4.69, 9.17) is 0 Å². The third kappa shape index (κ3) is 2.58. The standard InChI is InChI=1S/C16H14N4O2/c1-11-3-5-13(6-4-11)15-10-19(18-17-15)16-8-7-14(20(21)22)9-12(16)2/h3-10H,1-2H3. The highest BCUT2D eigenvalue weighted by Gasteiger charge is 2.11. The third-order valence-corrected chi connectivity index (χ3v) is 3.48. The van der Waals surface area contributed by atoms with Crippen LogP contribution in [0.3, 0.4) is 0 Å². The Morgan fingerprint density at radius 3 is 2.45 bits per heavy atom. The highest BCUT2D eigenvalue weighted by molar-refractivity contribution is 5.59. The molecule has 0 unspecified atom stereocenters. The van der Waals surface area contributed by atoms with Gasteiger partial charge in [0.15, 0.2) is 0 Å². The number of rotatable bonds is 3. The molecule has 0 aliphatic carbocycles. The largest absolute Gasteiger partial charge is 0.269 e. The summed E-state index contributed by atoms with van der Waals surface area (Å²) in [4.78, 5) is 10.4. The van der Waals surface area contributed by atoms with Crippen LogP contribution in [0.25, 0.3) is 16.9 Å². The minimum Gasteiger partial charge on any atom is -0.258 e. The first kappa shape index (κ1) is 13.9. The second-order valence-corrected chi connectivity index (χ2v) is 5.14. The van der Waals surface area contributed by atoms with Crippen molar-refractivity contribution in [3.05, 3.63) is 69.9 Å². The molecule has 3 aromatic rings. The first-order chi connectivity index (χ1) is 10.5. The molecule has 6 heteroatoms. The van der Waals surface area contributed by atoms with Crippen LogP contribution in [0.15, 0.2) is 48.7 Å². The lowest BCUT2D eigenvalue weighted by Crippen LogP contribution is -1.99. The highest BCUT2D eigenvalue weighted by Crippen LogP contribution is 2.22. The fourth-order valence-electron chi connectivity index (χ4n) is 2.25. The fourth-order valence-corrected chi connectivity index (χ4v) is 2.25. The first-order valence-corrected chi connectivity index (χ1v) is 6.79. The predicted molar refractivity (Wildman–Crippen MR) is 82.9 cm³/mol. The van der Waals surface area contributed by atoms with E-state index < -0.39 is 4.92 Å². The summed E-state index contributed by atoms with van der Waals surface area (Å²) < 4.78 is 1.63. The summed E-state index contributed by atoms with van der Waals surface area (Å²) in [6, 6.07) is 12.7. The highest BCUT2D eigenvalue weighted by atomic mass is 16.6. The molecule has 0 fully saturated rings.